The zero-order valence-electron chi connectivity index (χ0n) is 14.2. The number of sulfonamides is 1. The van der Waals surface area contributed by atoms with Gasteiger partial charge in [0.25, 0.3) is 0 Å². The molecule has 0 heterocycles. The van der Waals surface area contributed by atoms with Crippen LogP contribution in [0.4, 0.5) is 4.39 Å². The molecule has 2 rings (SSSR count). The van der Waals surface area contributed by atoms with Crippen molar-refractivity contribution < 1.29 is 17.5 Å². The largest absolute Gasteiger partial charge is 0.495 e. The lowest BCUT2D eigenvalue weighted by Gasteiger charge is -2.25. The number of rotatable bonds is 7. The third-order valence-corrected chi connectivity index (χ3v) is 5.68. The molecule has 0 fully saturated rings. The molecule has 1 N–H and O–H groups in total. The van der Waals surface area contributed by atoms with Crippen LogP contribution in [0.1, 0.15) is 11.6 Å². The quantitative estimate of drug-likeness (QED) is 0.732. The Morgan fingerprint density at radius 2 is 1.96 bits per heavy atom. The molecule has 0 aliphatic heterocycles. The second-order valence-corrected chi connectivity index (χ2v) is 8.33. The van der Waals surface area contributed by atoms with Crippen molar-refractivity contribution in [2.24, 2.45) is 0 Å². The topological polar surface area (TPSA) is 58.6 Å². The van der Waals surface area contributed by atoms with Gasteiger partial charge in [-0.05, 0) is 50.0 Å². The first-order chi connectivity index (χ1) is 11.7. The molecule has 2 aromatic carbocycles. The molecule has 0 saturated carbocycles. The molecule has 0 aliphatic carbocycles. The molecule has 136 valence electrons. The van der Waals surface area contributed by atoms with Crippen molar-refractivity contribution in [3.05, 3.63) is 58.3 Å². The molecule has 5 nitrogen and oxygen atoms in total. The summed E-state index contributed by atoms with van der Waals surface area (Å²) < 4.78 is 47.2. The van der Waals surface area contributed by atoms with Crippen molar-refractivity contribution in [2.45, 2.75) is 10.9 Å². The summed E-state index contributed by atoms with van der Waals surface area (Å²) in [6, 6.07) is 10.6. The van der Waals surface area contributed by atoms with Gasteiger partial charge >= 0.3 is 0 Å². The summed E-state index contributed by atoms with van der Waals surface area (Å²) >= 11 is 3.27. The molecule has 0 spiro atoms. The van der Waals surface area contributed by atoms with Crippen molar-refractivity contribution in [1.29, 1.82) is 0 Å². The minimum absolute atomic E-state index is 0.0427. The maximum atomic E-state index is 13.5. The summed E-state index contributed by atoms with van der Waals surface area (Å²) in [6.07, 6.45) is 0. The van der Waals surface area contributed by atoms with Gasteiger partial charge in [-0.15, -0.1) is 0 Å². The summed E-state index contributed by atoms with van der Waals surface area (Å²) in [5.41, 5.74) is 0.689. The maximum Gasteiger partial charge on any atom is 0.244 e. The zero-order chi connectivity index (χ0) is 18.6. The monoisotopic (exact) mass is 430 g/mol. The van der Waals surface area contributed by atoms with E-state index in [1.807, 2.05) is 19.0 Å². The van der Waals surface area contributed by atoms with Gasteiger partial charge in [0.05, 0.1) is 7.11 Å². The van der Waals surface area contributed by atoms with E-state index in [4.69, 9.17) is 4.74 Å². The van der Waals surface area contributed by atoms with Gasteiger partial charge < -0.3 is 9.64 Å². The number of ether oxygens (including phenoxy) is 1. The second kappa shape index (κ2) is 8.27. The molecule has 0 radical (unpaired) electrons. The first kappa shape index (κ1) is 19.8. The Morgan fingerprint density at radius 3 is 2.56 bits per heavy atom. The van der Waals surface area contributed by atoms with Crippen LogP contribution < -0.4 is 9.46 Å². The fourth-order valence-electron chi connectivity index (χ4n) is 2.44. The lowest BCUT2D eigenvalue weighted by atomic mass is 10.1. The Morgan fingerprint density at radius 1 is 1.24 bits per heavy atom. The number of nitrogens with zero attached hydrogens (tertiary/aromatic N) is 1. The molecule has 8 heteroatoms. The van der Waals surface area contributed by atoms with Crippen molar-refractivity contribution in [2.75, 3.05) is 27.7 Å². The van der Waals surface area contributed by atoms with Gasteiger partial charge in [-0.1, -0.05) is 28.1 Å². The average Bonchev–Trinajstić information content (AvgIpc) is 2.54. The van der Waals surface area contributed by atoms with Crippen LogP contribution in [0.2, 0.25) is 0 Å². The van der Waals surface area contributed by atoms with E-state index in [2.05, 4.69) is 20.7 Å². The Bertz CT molecular complexity index is 844. The van der Waals surface area contributed by atoms with Gasteiger partial charge in [-0.2, -0.15) is 0 Å². The molecule has 1 unspecified atom stereocenters. The highest BCUT2D eigenvalue weighted by Crippen LogP contribution is 2.27. The van der Waals surface area contributed by atoms with Crippen molar-refractivity contribution in [1.82, 2.24) is 9.62 Å². The SMILES string of the molecule is COc1ccc(Br)cc1S(=O)(=O)NCC(c1cccc(F)c1)N(C)C. The molecule has 2 aromatic rings. The summed E-state index contributed by atoms with van der Waals surface area (Å²) in [5, 5.41) is 0. The van der Waals surface area contributed by atoms with Crippen LogP contribution in [0.15, 0.2) is 51.8 Å². The van der Waals surface area contributed by atoms with Gasteiger partial charge in [0.1, 0.15) is 16.5 Å². The standard InChI is InChI=1S/C17H20BrFN2O3S/c1-21(2)15(12-5-4-6-14(19)9-12)11-20-25(22,23)17-10-13(18)7-8-16(17)24-3/h4-10,15,20H,11H2,1-3H3. The number of methoxy groups -OCH3 is 1. The fraction of sp³-hybridized carbons (Fsp3) is 0.294. The highest BCUT2D eigenvalue weighted by Gasteiger charge is 2.23. The van der Waals surface area contributed by atoms with Crippen molar-refractivity contribution in [3.8, 4) is 5.75 Å². The zero-order valence-corrected chi connectivity index (χ0v) is 16.6. The van der Waals surface area contributed by atoms with Crippen LogP contribution in [0.3, 0.4) is 0 Å². The molecule has 25 heavy (non-hydrogen) atoms. The van der Waals surface area contributed by atoms with Crippen LogP contribution in [0.5, 0.6) is 5.75 Å². The van der Waals surface area contributed by atoms with E-state index in [0.717, 1.165) is 0 Å². The summed E-state index contributed by atoms with van der Waals surface area (Å²) in [5.74, 6) is -0.108. The predicted molar refractivity (Wildman–Crippen MR) is 98.7 cm³/mol. The van der Waals surface area contributed by atoms with E-state index in [-0.39, 0.29) is 29.0 Å². The van der Waals surface area contributed by atoms with E-state index in [1.54, 1.807) is 24.3 Å². The maximum absolute atomic E-state index is 13.5. The average molecular weight is 431 g/mol. The molecular weight excluding hydrogens is 411 g/mol. The Balaban J connectivity index is 2.27. The number of likely N-dealkylation sites (N-methyl/N-ethyl adjacent to an activating group) is 1. The molecule has 0 aliphatic rings. The van der Waals surface area contributed by atoms with E-state index < -0.39 is 10.0 Å². The Hall–Kier alpha value is -1.48. The van der Waals surface area contributed by atoms with Gasteiger partial charge in [0.2, 0.25) is 10.0 Å². The Kier molecular flexibility index (Phi) is 6.56. The predicted octanol–water partition coefficient (Wildman–Crippen LogP) is 3.18. The first-order valence-corrected chi connectivity index (χ1v) is 9.77. The van der Waals surface area contributed by atoms with E-state index in [0.29, 0.717) is 10.0 Å². The van der Waals surface area contributed by atoms with Crippen LogP contribution in [-0.4, -0.2) is 41.1 Å². The minimum Gasteiger partial charge on any atom is -0.495 e. The Labute approximate surface area is 156 Å². The molecular formula is C17H20BrFN2O3S. The van der Waals surface area contributed by atoms with Crippen LogP contribution in [-0.2, 0) is 10.0 Å². The molecule has 0 amide bonds. The van der Waals surface area contributed by atoms with Gasteiger partial charge in [0.15, 0.2) is 0 Å². The minimum atomic E-state index is -3.80. The van der Waals surface area contributed by atoms with E-state index >= 15 is 0 Å². The van der Waals surface area contributed by atoms with Crippen molar-refractivity contribution in [3.63, 3.8) is 0 Å². The number of hydrogen-bond acceptors (Lipinski definition) is 4. The highest BCUT2D eigenvalue weighted by molar-refractivity contribution is 9.10. The summed E-state index contributed by atoms with van der Waals surface area (Å²) in [6.45, 7) is 0.0917. The second-order valence-electron chi connectivity index (χ2n) is 5.68. The number of halogens is 2. The molecule has 0 aromatic heterocycles. The number of nitrogens with one attached hydrogen (secondary N) is 1. The number of benzene rings is 2. The lowest BCUT2D eigenvalue weighted by molar-refractivity contribution is 0.298. The normalized spacial score (nSPS) is 13.0. The summed E-state index contributed by atoms with van der Waals surface area (Å²) in [4.78, 5) is 1.87. The fourth-order valence-corrected chi connectivity index (χ4v) is 4.18. The van der Waals surface area contributed by atoms with Gasteiger partial charge in [0, 0.05) is 17.1 Å². The smallest absolute Gasteiger partial charge is 0.244 e. The van der Waals surface area contributed by atoms with Crippen molar-refractivity contribution >= 4 is 26.0 Å². The summed E-state index contributed by atoms with van der Waals surface area (Å²) in [7, 11) is 1.23. The molecule has 0 saturated heterocycles. The lowest BCUT2D eigenvalue weighted by Crippen LogP contribution is -2.34. The van der Waals surface area contributed by atoms with Crippen LogP contribution in [0, 0.1) is 5.82 Å². The van der Waals surface area contributed by atoms with E-state index in [9.17, 15) is 12.8 Å². The van der Waals surface area contributed by atoms with E-state index in [1.165, 1.54) is 25.3 Å². The van der Waals surface area contributed by atoms with Gasteiger partial charge in [-0.3, -0.25) is 0 Å². The molecule has 0 bridgehead atoms. The van der Waals surface area contributed by atoms with Crippen LogP contribution >= 0.6 is 15.9 Å². The van der Waals surface area contributed by atoms with Crippen LogP contribution in [0.25, 0.3) is 0 Å². The number of hydrogen-bond donors (Lipinski definition) is 1. The molecule has 1 atom stereocenters. The highest BCUT2D eigenvalue weighted by atomic mass is 79.9. The van der Waals surface area contributed by atoms with Gasteiger partial charge in [-0.25, -0.2) is 17.5 Å². The third kappa shape index (κ3) is 5.01. The first-order valence-electron chi connectivity index (χ1n) is 7.49. The third-order valence-electron chi connectivity index (χ3n) is 3.74.